The first kappa shape index (κ1) is 23.1. The fourth-order valence-corrected chi connectivity index (χ4v) is 4.09. The Morgan fingerprint density at radius 2 is 2.09 bits per heavy atom. The zero-order valence-corrected chi connectivity index (χ0v) is 18.5. The Morgan fingerprint density at radius 1 is 1.35 bits per heavy atom. The summed E-state index contributed by atoms with van der Waals surface area (Å²) in [6.45, 7) is 0.896. The maximum atomic E-state index is 13.2. The first-order chi connectivity index (χ1) is 16.3. The van der Waals surface area contributed by atoms with Gasteiger partial charge in [0.2, 0.25) is 0 Å². The second-order valence-corrected chi connectivity index (χ2v) is 8.83. The van der Waals surface area contributed by atoms with E-state index in [1.165, 1.54) is 30.5 Å². The van der Waals surface area contributed by atoms with E-state index in [0.717, 1.165) is 12.8 Å². The lowest BCUT2D eigenvalue weighted by Crippen LogP contribution is -2.45. The third-order valence-corrected chi connectivity index (χ3v) is 6.41. The lowest BCUT2D eigenvalue weighted by atomic mass is 9.92. The quantitative estimate of drug-likeness (QED) is 0.606. The average molecular weight is 465 g/mol. The van der Waals surface area contributed by atoms with Gasteiger partial charge in [0.1, 0.15) is 11.4 Å². The van der Waals surface area contributed by atoms with Gasteiger partial charge in [0, 0.05) is 42.7 Å². The van der Waals surface area contributed by atoms with E-state index in [1.807, 2.05) is 0 Å². The zero-order valence-electron chi connectivity index (χ0n) is 18.5. The number of aromatic nitrogens is 2. The van der Waals surface area contributed by atoms with Gasteiger partial charge in [0.25, 0.3) is 5.91 Å². The maximum Gasteiger partial charge on any atom is 0.409 e. The number of amides is 2. The third kappa shape index (κ3) is 4.96. The molecule has 0 radical (unpaired) electrons. The minimum absolute atomic E-state index is 0.145. The van der Waals surface area contributed by atoms with Crippen LogP contribution in [0.3, 0.4) is 0 Å². The van der Waals surface area contributed by atoms with Crippen LogP contribution in [-0.2, 0) is 4.74 Å². The summed E-state index contributed by atoms with van der Waals surface area (Å²) in [7, 11) is 0. The second kappa shape index (κ2) is 9.44. The third-order valence-electron chi connectivity index (χ3n) is 6.41. The van der Waals surface area contributed by atoms with E-state index < -0.39 is 23.9 Å². The van der Waals surface area contributed by atoms with Crippen molar-refractivity contribution in [1.29, 1.82) is 5.26 Å². The molecule has 176 valence electrons. The Morgan fingerprint density at radius 3 is 2.71 bits per heavy atom. The highest BCUT2D eigenvalue weighted by Gasteiger charge is 2.44. The molecule has 1 saturated carbocycles. The number of halogens is 1. The number of nitrogens with zero attached hydrogens (tertiary/aromatic N) is 4. The highest BCUT2D eigenvalue weighted by Crippen LogP contribution is 2.48. The number of ether oxygens (including phenoxy) is 1. The molecule has 1 saturated heterocycles. The first-order valence-electron chi connectivity index (χ1n) is 11.0. The van der Waals surface area contributed by atoms with Crippen LogP contribution < -0.4 is 11.1 Å². The predicted octanol–water partition coefficient (Wildman–Crippen LogP) is 3.19. The maximum absolute atomic E-state index is 13.2. The molecule has 0 spiro atoms. The van der Waals surface area contributed by atoms with E-state index in [-0.39, 0.29) is 35.9 Å². The van der Waals surface area contributed by atoms with Crippen LogP contribution in [0.15, 0.2) is 30.5 Å². The lowest BCUT2D eigenvalue weighted by molar-refractivity contribution is 0.0626. The van der Waals surface area contributed by atoms with Crippen LogP contribution in [0, 0.1) is 40.8 Å². The average Bonchev–Trinajstić information content (AvgIpc) is 3.47. The van der Waals surface area contributed by atoms with E-state index in [0.29, 0.717) is 25.1 Å². The number of carbonyl (C=O) groups is 2. The van der Waals surface area contributed by atoms with Gasteiger partial charge in [0.15, 0.2) is 5.82 Å². The molecule has 2 heterocycles. The Hall–Kier alpha value is -4.05. The lowest BCUT2D eigenvalue weighted by Gasteiger charge is -2.36. The van der Waals surface area contributed by atoms with E-state index in [1.54, 1.807) is 9.58 Å². The molecule has 1 aromatic carbocycles. The molecular formula is C24H25FN6O3. The van der Waals surface area contributed by atoms with Crippen molar-refractivity contribution in [1.82, 2.24) is 14.7 Å². The smallest absolute Gasteiger partial charge is 0.409 e. The number of nitrogens with one attached hydrogen (secondary N) is 1. The van der Waals surface area contributed by atoms with Crippen molar-refractivity contribution >= 4 is 23.5 Å². The van der Waals surface area contributed by atoms with E-state index in [2.05, 4.69) is 22.4 Å². The SMILES string of the molecule is C#C[C@@H]1CCN(C(=O)OCC2(CC#N)CC2)C[C@H]1n1cc(C(N)=O)c(Nc2ccc(F)cc2)n1. The number of piperidine rings is 1. The Kier molecular flexibility index (Phi) is 6.42. The van der Waals surface area contributed by atoms with Crippen LogP contribution in [0.1, 0.15) is 42.1 Å². The molecule has 2 aliphatic rings. The normalized spacial score (nSPS) is 20.6. The number of primary amides is 1. The molecule has 1 aromatic heterocycles. The molecule has 3 N–H and O–H groups in total. The van der Waals surface area contributed by atoms with Crippen LogP contribution in [0.2, 0.25) is 0 Å². The van der Waals surface area contributed by atoms with Crippen LogP contribution >= 0.6 is 0 Å². The van der Waals surface area contributed by atoms with Crippen LogP contribution in [0.25, 0.3) is 0 Å². The molecule has 2 atom stereocenters. The van der Waals surface area contributed by atoms with E-state index in [9.17, 15) is 14.0 Å². The molecule has 2 fully saturated rings. The van der Waals surface area contributed by atoms with Gasteiger partial charge in [-0.1, -0.05) is 0 Å². The van der Waals surface area contributed by atoms with Crippen LogP contribution in [-0.4, -0.2) is 46.4 Å². The molecule has 10 heteroatoms. The number of anilines is 2. The number of terminal acetylenes is 1. The van der Waals surface area contributed by atoms with Gasteiger partial charge in [-0.3, -0.25) is 9.48 Å². The summed E-state index contributed by atoms with van der Waals surface area (Å²) in [6.07, 6.45) is 9.45. The van der Waals surface area contributed by atoms with Gasteiger partial charge in [-0.25, -0.2) is 9.18 Å². The summed E-state index contributed by atoms with van der Waals surface area (Å²) in [6, 6.07) is 7.34. The van der Waals surface area contributed by atoms with Gasteiger partial charge in [-0.2, -0.15) is 10.4 Å². The van der Waals surface area contributed by atoms with Crippen molar-refractivity contribution in [2.45, 2.75) is 31.7 Å². The summed E-state index contributed by atoms with van der Waals surface area (Å²) in [4.78, 5) is 26.3. The molecule has 4 rings (SSSR count). The van der Waals surface area contributed by atoms with Crippen molar-refractivity contribution in [2.75, 3.05) is 25.0 Å². The predicted molar refractivity (Wildman–Crippen MR) is 121 cm³/mol. The van der Waals surface area contributed by atoms with E-state index in [4.69, 9.17) is 22.2 Å². The minimum atomic E-state index is -0.688. The summed E-state index contributed by atoms with van der Waals surface area (Å²) >= 11 is 0. The zero-order chi connectivity index (χ0) is 24.3. The van der Waals surface area contributed by atoms with Gasteiger partial charge < -0.3 is 20.7 Å². The number of carbonyl (C=O) groups excluding carboxylic acids is 2. The van der Waals surface area contributed by atoms with Crippen molar-refractivity contribution in [3.8, 4) is 18.4 Å². The van der Waals surface area contributed by atoms with Gasteiger partial charge in [0.05, 0.1) is 18.7 Å². The first-order valence-corrected chi connectivity index (χ1v) is 11.0. The van der Waals surface area contributed by atoms with Gasteiger partial charge in [-0.15, -0.1) is 12.3 Å². The largest absolute Gasteiger partial charge is 0.449 e. The fourth-order valence-electron chi connectivity index (χ4n) is 4.09. The monoisotopic (exact) mass is 464 g/mol. The van der Waals surface area contributed by atoms with Gasteiger partial charge >= 0.3 is 6.09 Å². The topological polar surface area (TPSA) is 126 Å². The van der Waals surface area contributed by atoms with Crippen molar-refractivity contribution in [2.24, 2.45) is 17.1 Å². The standard InChI is InChI=1S/C24H25FN6O3/c1-2-16-7-12-30(23(33)34-15-24(8-9-24)10-11-26)14-20(16)31-13-19(21(27)32)22(29-31)28-18-5-3-17(25)4-6-18/h1,3-6,13,16,20H,7-10,12,14-15H2,(H2,27,32)(H,28,29)/t16-,20-/m1/s1. The molecule has 2 amide bonds. The van der Waals surface area contributed by atoms with Crippen LogP contribution in [0.5, 0.6) is 0 Å². The van der Waals surface area contributed by atoms with Crippen molar-refractivity contribution in [3.05, 3.63) is 41.8 Å². The molecule has 1 aliphatic carbocycles. The highest BCUT2D eigenvalue weighted by atomic mass is 19.1. The fraction of sp³-hybridized carbons (Fsp3) is 0.417. The number of likely N-dealkylation sites (tertiary alicyclic amines) is 1. The Labute approximate surface area is 196 Å². The molecule has 0 bridgehead atoms. The Balaban J connectivity index is 1.51. The van der Waals surface area contributed by atoms with Gasteiger partial charge in [-0.05, 0) is 43.5 Å². The molecule has 9 nitrogen and oxygen atoms in total. The minimum Gasteiger partial charge on any atom is -0.449 e. The number of nitrogens with two attached hydrogens (primary N) is 1. The summed E-state index contributed by atoms with van der Waals surface area (Å²) in [5.41, 5.74) is 6.02. The van der Waals surface area contributed by atoms with Crippen LogP contribution in [0.4, 0.5) is 20.7 Å². The second-order valence-electron chi connectivity index (χ2n) is 8.83. The number of hydrogen-bond donors (Lipinski definition) is 2. The summed E-state index contributed by atoms with van der Waals surface area (Å²) < 4.78 is 20.3. The molecule has 2 aromatic rings. The molecular weight excluding hydrogens is 439 g/mol. The number of hydrogen-bond acceptors (Lipinski definition) is 6. The van der Waals surface area contributed by atoms with Crippen molar-refractivity contribution < 1.29 is 18.7 Å². The number of rotatable bonds is 7. The molecule has 0 unspecified atom stereocenters. The molecule has 1 aliphatic heterocycles. The molecule has 34 heavy (non-hydrogen) atoms. The summed E-state index contributed by atoms with van der Waals surface area (Å²) in [5, 5.41) is 16.4. The van der Waals surface area contributed by atoms with Crippen molar-refractivity contribution in [3.63, 3.8) is 0 Å². The Bertz CT molecular complexity index is 1160. The van der Waals surface area contributed by atoms with E-state index >= 15 is 0 Å². The summed E-state index contributed by atoms with van der Waals surface area (Å²) in [5.74, 6) is 1.66. The number of nitriles is 1. The highest BCUT2D eigenvalue weighted by molar-refractivity contribution is 5.98. The number of benzene rings is 1.